The van der Waals surface area contributed by atoms with Gasteiger partial charge in [-0.2, -0.15) is 0 Å². The van der Waals surface area contributed by atoms with Crippen LogP contribution in [0.2, 0.25) is 0 Å². The first-order chi connectivity index (χ1) is 11.2. The van der Waals surface area contributed by atoms with Gasteiger partial charge in [-0.15, -0.1) is 11.3 Å². The normalized spacial score (nSPS) is 12.3. The molecule has 0 aliphatic heterocycles. The third-order valence-electron chi connectivity index (χ3n) is 3.86. The average molecular weight is 326 g/mol. The van der Waals surface area contributed by atoms with Gasteiger partial charge in [0.1, 0.15) is 0 Å². The molecule has 0 spiro atoms. The molecule has 1 N–H and O–H groups in total. The Morgan fingerprint density at radius 3 is 2.91 bits per heavy atom. The second kappa shape index (κ2) is 6.89. The van der Waals surface area contributed by atoms with Gasteiger partial charge in [-0.25, -0.2) is 4.98 Å². The highest BCUT2D eigenvalue weighted by atomic mass is 32.1. The second-order valence-corrected chi connectivity index (χ2v) is 6.21. The Balaban J connectivity index is 1.71. The van der Waals surface area contributed by atoms with Crippen molar-refractivity contribution in [2.75, 3.05) is 13.7 Å². The van der Waals surface area contributed by atoms with E-state index in [2.05, 4.69) is 10.3 Å². The predicted octanol–water partition coefficient (Wildman–Crippen LogP) is 3.72. The lowest BCUT2D eigenvalue weighted by atomic mass is 10.0. The smallest absolute Gasteiger partial charge is 0.251 e. The number of carbonyl (C=O) groups excluding carboxylic acids is 1. The Hall–Kier alpha value is -2.24. The number of methoxy groups -OCH3 is 1. The number of thiazole rings is 1. The number of nitrogens with zero attached hydrogens (tertiary/aromatic N) is 1. The molecular weight excluding hydrogens is 308 g/mol. The highest BCUT2D eigenvalue weighted by molar-refractivity contribution is 7.16. The summed E-state index contributed by atoms with van der Waals surface area (Å²) in [5.74, 6) is -0.101. The van der Waals surface area contributed by atoms with Crippen molar-refractivity contribution >= 4 is 27.5 Å². The Kier molecular flexibility index (Phi) is 4.69. The van der Waals surface area contributed by atoms with Gasteiger partial charge in [-0.1, -0.05) is 24.3 Å². The maximum absolute atomic E-state index is 12.4. The number of rotatable bonds is 5. The van der Waals surface area contributed by atoms with E-state index in [4.69, 9.17) is 4.74 Å². The van der Waals surface area contributed by atoms with Crippen molar-refractivity contribution in [3.8, 4) is 0 Å². The molecule has 0 fully saturated rings. The van der Waals surface area contributed by atoms with Crippen LogP contribution in [0.25, 0.3) is 10.2 Å². The monoisotopic (exact) mass is 326 g/mol. The molecule has 0 aliphatic rings. The van der Waals surface area contributed by atoms with E-state index in [1.165, 1.54) is 11.3 Å². The van der Waals surface area contributed by atoms with E-state index >= 15 is 0 Å². The van der Waals surface area contributed by atoms with E-state index in [1.54, 1.807) is 18.7 Å². The van der Waals surface area contributed by atoms with E-state index in [9.17, 15) is 4.79 Å². The Labute approximate surface area is 139 Å². The number of nitrogens with one attached hydrogen (secondary N) is 1. The van der Waals surface area contributed by atoms with Gasteiger partial charge in [-0.05, 0) is 36.2 Å². The molecule has 5 heteroatoms. The molecule has 0 saturated carbocycles. The maximum atomic E-state index is 12.4. The Bertz CT molecular complexity index is 829. The fourth-order valence-electron chi connectivity index (χ4n) is 2.55. The largest absolute Gasteiger partial charge is 0.375 e. The number of ether oxygens (including phenoxy) is 1. The molecule has 4 nitrogen and oxygen atoms in total. The number of carbonyl (C=O) groups is 1. The topological polar surface area (TPSA) is 51.2 Å². The van der Waals surface area contributed by atoms with E-state index < -0.39 is 0 Å². The van der Waals surface area contributed by atoms with Crippen molar-refractivity contribution in [3.05, 3.63) is 64.7 Å². The summed E-state index contributed by atoms with van der Waals surface area (Å²) in [6.07, 6.45) is -0.160. The van der Waals surface area contributed by atoms with E-state index in [0.29, 0.717) is 12.1 Å². The Morgan fingerprint density at radius 2 is 2.13 bits per heavy atom. The van der Waals surface area contributed by atoms with Crippen LogP contribution in [0.15, 0.2) is 48.0 Å². The van der Waals surface area contributed by atoms with Crippen LogP contribution in [-0.4, -0.2) is 24.5 Å². The molecule has 0 bridgehead atoms. The molecule has 1 amide bonds. The number of hydrogen-bond donors (Lipinski definition) is 1. The standard InChI is InChI=1S/C18H18N2O2S/c1-12-5-3-4-6-14(12)16(22-2)10-19-18(21)13-7-8-15-17(9-13)23-11-20-15/h3-9,11,16H,10H2,1-2H3,(H,19,21)/t16-/m1/s1. The minimum absolute atomic E-state index is 0.101. The number of fused-ring (bicyclic) bond motifs is 1. The molecular formula is C18H18N2O2S. The van der Waals surface area contributed by atoms with Gasteiger partial charge < -0.3 is 10.1 Å². The van der Waals surface area contributed by atoms with Crippen LogP contribution < -0.4 is 5.32 Å². The number of aryl methyl sites for hydroxylation is 1. The van der Waals surface area contributed by atoms with Gasteiger partial charge in [0.15, 0.2) is 0 Å². The zero-order valence-corrected chi connectivity index (χ0v) is 13.9. The highest BCUT2D eigenvalue weighted by Crippen LogP contribution is 2.21. The minimum atomic E-state index is -0.160. The summed E-state index contributed by atoms with van der Waals surface area (Å²) < 4.78 is 6.55. The van der Waals surface area contributed by atoms with Crippen LogP contribution in [0, 0.1) is 6.92 Å². The minimum Gasteiger partial charge on any atom is -0.375 e. The molecule has 3 aromatic rings. The van der Waals surface area contributed by atoms with Crippen molar-refractivity contribution in [1.82, 2.24) is 10.3 Å². The van der Waals surface area contributed by atoms with Crippen LogP contribution in [0.4, 0.5) is 0 Å². The third kappa shape index (κ3) is 3.41. The van der Waals surface area contributed by atoms with Crippen LogP contribution in [0.5, 0.6) is 0 Å². The molecule has 1 heterocycles. The molecule has 0 aliphatic carbocycles. The SMILES string of the molecule is CO[C@H](CNC(=O)c1ccc2ncsc2c1)c1ccccc1C. The summed E-state index contributed by atoms with van der Waals surface area (Å²) in [6, 6.07) is 13.6. The number of amides is 1. The van der Waals surface area contributed by atoms with E-state index in [1.807, 2.05) is 43.3 Å². The lowest BCUT2D eigenvalue weighted by Gasteiger charge is -2.18. The zero-order valence-electron chi connectivity index (χ0n) is 13.1. The van der Waals surface area contributed by atoms with Crippen molar-refractivity contribution in [2.24, 2.45) is 0 Å². The van der Waals surface area contributed by atoms with Crippen LogP contribution >= 0.6 is 11.3 Å². The second-order valence-electron chi connectivity index (χ2n) is 5.33. The fourth-order valence-corrected chi connectivity index (χ4v) is 3.27. The summed E-state index contributed by atoms with van der Waals surface area (Å²) in [5, 5.41) is 2.95. The molecule has 3 rings (SSSR count). The van der Waals surface area contributed by atoms with Gasteiger partial charge in [-0.3, -0.25) is 4.79 Å². The summed E-state index contributed by atoms with van der Waals surface area (Å²) in [5.41, 5.74) is 5.58. The quantitative estimate of drug-likeness (QED) is 0.777. The van der Waals surface area contributed by atoms with E-state index in [0.717, 1.165) is 21.3 Å². The first-order valence-electron chi connectivity index (χ1n) is 7.39. The van der Waals surface area contributed by atoms with Crippen LogP contribution in [-0.2, 0) is 4.74 Å². The lowest BCUT2D eigenvalue weighted by molar-refractivity contribution is 0.0826. The third-order valence-corrected chi connectivity index (χ3v) is 4.65. The summed E-state index contributed by atoms with van der Waals surface area (Å²) >= 11 is 1.53. The van der Waals surface area contributed by atoms with Crippen molar-refractivity contribution in [2.45, 2.75) is 13.0 Å². The molecule has 1 aromatic heterocycles. The molecule has 0 unspecified atom stereocenters. The van der Waals surface area contributed by atoms with Crippen molar-refractivity contribution in [3.63, 3.8) is 0 Å². The lowest BCUT2D eigenvalue weighted by Crippen LogP contribution is -2.29. The fraction of sp³-hybridized carbons (Fsp3) is 0.222. The highest BCUT2D eigenvalue weighted by Gasteiger charge is 2.15. The van der Waals surface area contributed by atoms with Crippen LogP contribution in [0.3, 0.4) is 0 Å². The number of aromatic nitrogens is 1. The first kappa shape index (κ1) is 15.6. The molecule has 0 saturated heterocycles. The van der Waals surface area contributed by atoms with Crippen LogP contribution in [0.1, 0.15) is 27.6 Å². The molecule has 23 heavy (non-hydrogen) atoms. The summed E-state index contributed by atoms with van der Waals surface area (Å²) in [6.45, 7) is 2.47. The maximum Gasteiger partial charge on any atom is 0.251 e. The molecule has 2 aromatic carbocycles. The molecule has 118 valence electrons. The predicted molar refractivity (Wildman–Crippen MR) is 92.9 cm³/mol. The number of hydrogen-bond acceptors (Lipinski definition) is 4. The first-order valence-corrected chi connectivity index (χ1v) is 8.27. The van der Waals surface area contributed by atoms with Gasteiger partial charge in [0.05, 0.1) is 21.8 Å². The molecule has 0 radical (unpaired) electrons. The van der Waals surface area contributed by atoms with Crippen molar-refractivity contribution < 1.29 is 9.53 Å². The average Bonchev–Trinajstić information content (AvgIpc) is 3.04. The van der Waals surface area contributed by atoms with Gasteiger partial charge in [0.25, 0.3) is 5.91 Å². The number of benzene rings is 2. The summed E-state index contributed by atoms with van der Waals surface area (Å²) in [4.78, 5) is 16.6. The molecule has 1 atom stereocenters. The summed E-state index contributed by atoms with van der Waals surface area (Å²) in [7, 11) is 1.66. The van der Waals surface area contributed by atoms with Crippen molar-refractivity contribution in [1.29, 1.82) is 0 Å². The van der Waals surface area contributed by atoms with Gasteiger partial charge in [0.2, 0.25) is 0 Å². The Morgan fingerprint density at radius 1 is 1.30 bits per heavy atom. The van der Waals surface area contributed by atoms with E-state index in [-0.39, 0.29) is 12.0 Å². The van der Waals surface area contributed by atoms with Gasteiger partial charge >= 0.3 is 0 Å². The van der Waals surface area contributed by atoms with Gasteiger partial charge in [0, 0.05) is 19.2 Å². The zero-order chi connectivity index (χ0) is 16.2.